The zero-order valence-corrected chi connectivity index (χ0v) is 12.3. The van der Waals surface area contributed by atoms with Crippen LogP contribution in [-0.2, 0) is 0 Å². The van der Waals surface area contributed by atoms with Crippen LogP contribution in [-0.4, -0.2) is 22.7 Å². The molecule has 6 heteroatoms. The van der Waals surface area contributed by atoms with E-state index in [1.54, 1.807) is 24.0 Å². The third kappa shape index (κ3) is 2.85. The molecule has 0 aliphatic rings. The molecule has 19 heavy (non-hydrogen) atoms. The Balaban J connectivity index is 2.49. The van der Waals surface area contributed by atoms with Crippen molar-refractivity contribution in [1.29, 1.82) is 0 Å². The van der Waals surface area contributed by atoms with Gasteiger partial charge >= 0.3 is 0 Å². The highest BCUT2D eigenvalue weighted by Crippen LogP contribution is 2.24. The molecule has 1 heterocycles. The molecule has 0 saturated carbocycles. The molecule has 0 bridgehead atoms. The lowest BCUT2D eigenvalue weighted by Gasteiger charge is -2.13. The molecule has 0 spiro atoms. The topological polar surface area (TPSA) is 72.9 Å². The van der Waals surface area contributed by atoms with E-state index in [0.29, 0.717) is 5.69 Å². The van der Waals surface area contributed by atoms with E-state index in [1.807, 2.05) is 25.1 Å². The lowest BCUT2D eigenvalue weighted by Crippen LogP contribution is -2.18. The van der Waals surface area contributed by atoms with Crippen molar-refractivity contribution in [3.8, 4) is 5.69 Å². The summed E-state index contributed by atoms with van der Waals surface area (Å²) in [6.07, 6.45) is 1.75. The number of nitrogens with two attached hydrogens (primary N) is 1. The van der Waals surface area contributed by atoms with E-state index < -0.39 is 0 Å². The SMILES string of the molecule is CNC(=O)c1ccn(-c2cc(Br)ccc2C(C)N)n1. The van der Waals surface area contributed by atoms with Crippen molar-refractivity contribution < 1.29 is 4.79 Å². The molecular formula is C13H15BrN4O. The Morgan fingerprint density at radius 1 is 1.47 bits per heavy atom. The van der Waals surface area contributed by atoms with Crippen LogP contribution < -0.4 is 11.1 Å². The summed E-state index contributed by atoms with van der Waals surface area (Å²) in [6, 6.07) is 7.37. The number of aromatic nitrogens is 2. The van der Waals surface area contributed by atoms with Gasteiger partial charge in [0.2, 0.25) is 0 Å². The average Bonchev–Trinajstić information content (AvgIpc) is 2.86. The predicted octanol–water partition coefficient (Wildman–Crippen LogP) is 2.01. The minimum absolute atomic E-state index is 0.115. The molecular weight excluding hydrogens is 308 g/mol. The van der Waals surface area contributed by atoms with Crippen LogP contribution in [0.15, 0.2) is 34.9 Å². The van der Waals surface area contributed by atoms with Gasteiger partial charge in [0, 0.05) is 23.8 Å². The first-order chi connectivity index (χ1) is 9.02. The van der Waals surface area contributed by atoms with Crippen LogP contribution in [0, 0.1) is 0 Å². The van der Waals surface area contributed by atoms with Crippen molar-refractivity contribution in [2.45, 2.75) is 13.0 Å². The van der Waals surface area contributed by atoms with Gasteiger partial charge in [-0.3, -0.25) is 4.79 Å². The van der Waals surface area contributed by atoms with Crippen LogP contribution in [0.5, 0.6) is 0 Å². The Bertz CT molecular complexity index is 606. The molecule has 5 nitrogen and oxygen atoms in total. The predicted molar refractivity (Wildman–Crippen MR) is 77.3 cm³/mol. The molecule has 1 atom stereocenters. The van der Waals surface area contributed by atoms with Crippen molar-refractivity contribution >= 4 is 21.8 Å². The second-order valence-electron chi connectivity index (χ2n) is 4.22. The number of benzene rings is 1. The summed E-state index contributed by atoms with van der Waals surface area (Å²) in [7, 11) is 1.58. The van der Waals surface area contributed by atoms with Crippen molar-refractivity contribution in [2.24, 2.45) is 5.73 Å². The van der Waals surface area contributed by atoms with Crippen LogP contribution in [0.1, 0.15) is 29.0 Å². The Labute approximate surface area is 119 Å². The Hall–Kier alpha value is -1.66. The summed E-state index contributed by atoms with van der Waals surface area (Å²) in [5.74, 6) is -0.212. The van der Waals surface area contributed by atoms with Crippen LogP contribution in [0.4, 0.5) is 0 Å². The van der Waals surface area contributed by atoms with Gasteiger partial charge < -0.3 is 11.1 Å². The number of rotatable bonds is 3. The van der Waals surface area contributed by atoms with Gasteiger partial charge in [0.1, 0.15) is 0 Å². The molecule has 1 aromatic carbocycles. The smallest absolute Gasteiger partial charge is 0.271 e. The summed E-state index contributed by atoms with van der Waals surface area (Å²) < 4.78 is 2.59. The molecule has 0 radical (unpaired) electrons. The third-order valence-corrected chi connectivity index (χ3v) is 3.27. The van der Waals surface area contributed by atoms with E-state index in [0.717, 1.165) is 15.7 Å². The number of nitrogens with one attached hydrogen (secondary N) is 1. The maximum Gasteiger partial charge on any atom is 0.271 e. The summed E-state index contributed by atoms with van der Waals surface area (Å²) in [5, 5.41) is 6.81. The van der Waals surface area contributed by atoms with Gasteiger partial charge in [-0.25, -0.2) is 4.68 Å². The maximum atomic E-state index is 11.5. The van der Waals surface area contributed by atoms with Crippen molar-refractivity contribution in [2.75, 3.05) is 7.05 Å². The second kappa shape index (κ2) is 5.54. The molecule has 100 valence electrons. The summed E-state index contributed by atoms with van der Waals surface area (Å²) in [6.45, 7) is 1.91. The molecule has 3 N–H and O–H groups in total. The lowest BCUT2D eigenvalue weighted by molar-refractivity contribution is 0.0957. The molecule has 1 aromatic heterocycles. The minimum atomic E-state index is -0.212. The number of hydrogen-bond donors (Lipinski definition) is 2. The Kier molecular flexibility index (Phi) is 4.01. The molecule has 0 aliphatic carbocycles. The van der Waals surface area contributed by atoms with Crippen LogP contribution in [0.25, 0.3) is 5.69 Å². The van der Waals surface area contributed by atoms with Gasteiger partial charge in [0.25, 0.3) is 5.91 Å². The first kappa shape index (κ1) is 13.8. The van der Waals surface area contributed by atoms with Gasteiger partial charge in [0.05, 0.1) is 5.69 Å². The number of hydrogen-bond acceptors (Lipinski definition) is 3. The van der Waals surface area contributed by atoms with Gasteiger partial charge in [0.15, 0.2) is 5.69 Å². The largest absolute Gasteiger partial charge is 0.354 e. The zero-order chi connectivity index (χ0) is 14.0. The average molecular weight is 323 g/mol. The van der Waals surface area contributed by atoms with E-state index in [1.165, 1.54) is 0 Å². The first-order valence-corrected chi connectivity index (χ1v) is 6.65. The van der Waals surface area contributed by atoms with Gasteiger partial charge in [-0.05, 0) is 30.7 Å². The summed E-state index contributed by atoms with van der Waals surface area (Å²) >= 11 is 3.43. The quantitative estimate of drug-likeness (QED) is 0.907. The van der Waals surface area contributed by atoms with Crippen LogP contribution >= 0.6 is 15.9 Å². The number of amides is 1. The molecule has 0 fully saturated rings. The first-order valence-electron chi connectivity index (χ1n) is 5.86. The second-order valence-corrected chi connectivity index (χ2v) is 5.13. The number of halogens is 1. The monoisotopic (exact) mass is 322 g/mol. The standard InChI is InChI=1S/C13H15BrN4O/c1-8(15)10-4-3-9(14)7-12(10)18-6-5-11(17-18)13(19)16-2/h3-8H,15H2,1-2H3,(H,16,19). The van der Waals surface area contributed by atoms with Crippen LogP contribution in [0.3, 0.4) is 0 Å². The normalized spacial score (nSPS) is 12.2. The number of carbonyl (C=O) groups is 1. The van der Waals surface area contributed by atoms with Gasteiger partial charge in [-0.1, -0.05) is 22.0 Å². The molecule has 0 aliphatic heterocycles. The van der Waals surface area contributed by atoms with Crippen molar-refractivity contribution in [3.05, 3.63) is 46.2 Å². The fraction of sp³-hybridized carbons (Fsp3) is 0.231. The molecule has 1 unspecified atom stereocenters. The molecule has 1 amide bonds. The Morgan fingerprint density at radius 3 is 2.84 bits per heavy atom. The fourth-order valence-electron chi connectivity index (χ4n) is 1.81. The van der Waals surface area contributed by atoms with Gasteiger partial charge in [-0.15, -0.1) is 0 Å². The fourth-order valence-corrected chi connectivity index (χ4v) is 2.16. The molecule has 2 rings (SSSR count). The van der Waals surface area contributed by atoms with E-state index in [9.17, 15) is 4.79 Å². The van der Waals surface area contributed by atoms with E-state index >= 15 is 0 Å². The summed E-state index contributed by atoms with van der Waals surface area (Å²) in [5.41, 5.74) is 8.16. The van der Waals surface area contributed by atoms with Gasteiger partial charge in [-0.2, -0.15) is 5.10 Å². The van der Waals surface area contributed by atoms with E-state index in [2.05, 4.69) is 26.3 Å². The van der Waals surface area contributed by atoms with E-state index in [-0.39, 0.29) is 11.9 Å². The van der Waals surface area contributed by atoms with Crippen molar-refractivity contribution in [1.82, 2.24) is 15.1 Å². The summed E-state index contributed by atoms with van der Waals surface area (Å²) in [4.78, 5) is 11.5. The zero-order valence-electron chi connectivity index (χ0n) is 10.7. The maximum absolute atomic E-state index is 11.5. The Morgan fingerprint density at radius 2 is 2.21 bits per heavy atom. The van der Waals surface area contributed by atoms with E-state index in [4.69, 9.17) is 5.73 Å². The molecule has 2 aromatic rings. The highest BCUT2D eigenvalue weighted by molar-refractivity contribution is 9.10. The van der Waals surface area contributed by atoms with Crippen molar-refractivity contribution in [3.63, 3.8) is 0 Å². The molecule has 0 saturated heterocycles. The van der Waals surface area contributed by atoms with Crippen LogP contribution in [0.2, 0.25) is 0 Å². The minimum Gasteiger partial charge on any atom is -0.354 e. The highest BCUT2D eigenvalue weighted by Gasteiger charge is 2.13. The number of carbonyl (C=O) groups excluding carboxylic acids is 1. The highest BCUT2D eigenvalue weighted by atomic mass is 79.9. The number of nitrogens with zero attached hydrogens (tertiary/aromatic N) is 2. The lowest BCUT2D eigenvalue weighted by atomic mass is 10.1. The third-order valence-electron chi connectivity index (χ3n) is 2.78.